The average Bonchev–Trinajstić information content (AvgIpc) is 2.92. The van der Waals surface area contributed by atoms with E-state index in [1.54, 1.807) is 0 Å². The van der Waals surface area contributed by atoms with Crippen LogP contribution in [0.15, 0.2) is 24.3 Å². The predicted octanol–water partition coefficient (Wildman–Crippen LogP) is 3.57. The number of hydrogen-bond acceptors (Lipinski definition) is 4. The normalized spacial score (nSPS) is 25.0. The molecule has 3 aliphatic rings. The highest BCUT2D eigenvalue weighted by molar-refractivity contribution is 6.05. The quantitative estimate of drug-likeness (QED) is 0.771. The topological polar surface area (TPSA) is 69.7 Å². The Morgan fingerprint density at radius 3 is 2.03 bits per heavy atom. The van der Waals surface area contributed by atoms with E-state index in [4.69, 9.17) is 0 Å². The van der Waals surface area contributed by atoms with E-state index in [-0.39, 0.29) is 42.5 Å². The molecule has 29 heavy (non-hydrogen) atoms. The molecule has 0 unspecified atom stereocenters. The molecular formula is C23H31N3O3. The van der Waals surface area contributed by atoms with Gasteiger partial charge >= 0.3 is 0 Å². The second kappa shape index (κ2) is 8.97. The fraction of sp³-hybridized carbons (Fsp3) is 0.609. The summed E-state index contributed by atoms with van der Waals surface area (Å²) in [6.07, 6.45) is 8.85. The second-order valence-corrected chi connectivity index (χ2v) is 8.57. The Hall–Kier alpha value is -2.37. The lowest BCUT2D eigenvalue weighted by molar-refractivity contribution is -0.140. The maximum Gasteiger partial charge on any atom is 0.233 e. The summed E-state index contributed by atoms with van der Waals surface area (Å²) in [4.78, 5) is 41.1. The molecule has 2 aliphatic heterocycles. The van der Waals surface area contributed by atoms with E-state index in [1.165, 1.54) is 36.3 Å². The number of imide groups is 1. The fourth-order valence-corrected chi connectivity index (χ4v) is 4.97. The minimum atomic E-state index is -0.164. The van der Waals surface area contributed by atoms with Crippen LogP contribution < -0.4 is 10.2 Å². The Labute approximate surface area is 172 Å². The van der Waals surface area contributed by atoms with Gasteiger partial charge in [0.2, 0.25) is 17.7 Å². The van der Waals surface area contributed by atoms with Crippen LogP contribution in [0.1, 0.15) is 57.8 Å². The lowest BCUT2D eigenvalue weighted by atomic mass is 9.81. The van der Waals surface area contributed by atoms with Gasteiger partial charge in [-0.3, -0.25) is 19.3 Å². The van der Waals surface area contributed by atoms with Crippen molar-refractivity contribution in [1.82, 2.24) is 4.90 Å². The van der Waals surface area contributed by atoms with Crippen molar-refractivity contribution in [3.63, 3.8) is 0 Å². The van der Waals surface area contributed by atoms with E-state index in [9.17, 15) is 14.4 Å². The lowest BCUT2D eigenvalue weighted by Gasteiger charge is -2.22. The predicted molar refractivity (Wildman–Crippen MR) is 113 cm³/mol. The molecule has 0 aromatic heterocycles. The molecule has 1 N–H and O–H groups in total. The largest absolute Gasteiger partial charge is 0.372 e. The summed E-state index contributed by atoms with van der Waals surface area (Å²) in [7, 11) is 0. The zero-order chi connectivity index (χ0) is 20.2. The van der Waals surface area contributed by atoms with Crippen molar-refractivity contribution in [3.8, 4) is 0 Å². The molecule has 3 amide bonds. The zero-order valence-corrected chi connectivity index (χ0v) is 17.1. The summed E-state index contributed by atoms with van der Waals surface area (Å²) >= 11 is 0. The van der Waals surface area contributed by atoms with Gasteiger partial charge in [0.25, 0.3) is 0 Å². The van der Waals surface area contributed by atoms with Crippen LogP contribution in [-0.2, 0) is 14.4 Å². The third-order valence-electron chi connectivity index (χ3n) is 6.62. The van der Waals surface area contributed by atoms with Crippen molar-refractivity contribution < 1.29 is 14.4 Å². The monoisotopic (exact) mass is 397 g/mol. The van der Waals surface area contributed by atoms with Gasteiger partial charge in [0.1, 0.15) is 0 Å². The summed E-state index contributed by atoms with van der Waals surface area (Å²) in [5, 5.41) is 2.89. The molecule has 4 rings (SSSR count). The molecule has 1 aromatic rings. The molecule has 6 heteroatoms. The van der Waals surface area contributed by atoms with Crippen LogP contribution in [-0.4, -0.2) is 42.3 Å². The van der Waals surface area contributed by atoms with Crippen LogP contribution in [0.2, 0.25) is 0 Å². The van der Waals surface area contributed by atoms with E-state index in [2.05, 4.69) is 22.3 Å². The highest BCUT2D eigenvalue weighted by Crippen LogP contribution is 2.38. The average molecular weight is 398 g/mol. The number of carbonyl (C=O) groups excluding carboxylic acids is 3. The first-order valence-electron chi connectivity index (χ1n) is 11.1. The van der Waals surface area contributed by atoms with Gasteiger partial charge in [-0.15, -0.1) is 0 Å². The van der Waals surface area contributed by atoms with Gasteiger partial charge in [0.05, 0.1) is 11.8 Å². The number of likely N-dealkylation sites (tertiary alicyclic amines) is 1. The van der Waals surface area contributed by atoms with Gasteiger partial charge in [-0.2, -0.15) is 0 Å². The molecular weight excluding hydrogens is 366 g/mol. The van der Waals surface area contributed by atoms with E-state index >= 15 is 0 Å². The fourth-order valence-electron chi connectivity index (χ4n) is 4.97. The first kappa shape index (κ1) is 19.9. The minimum absolute atomic E-state index is 0.0747. The second-order valence-electron chi connectivity index (χ2n) is 8.57. The number of nitrogens with zero attached hydrogens (tertiary/aromatic N) is 2. The van der Waals surface area contributed by atoms with Crippen molar-refractivity contribution in [3.05, 3.63) is 24.3 Å². The van der Waals surface area contributed by atoms with E-state index in [0.717, 1.165) is 44.5 Å². The molecule has 0 bridgehead atoms. The number of benzene rings is 1. The molecule has 3 fully saturated rings. The van der Waals surface area contributed by atoms with Crippen LogP contribution in [0.5, 0.6) is 0 Å². The van der Waals surface area contributed by atoms with Crippen molar-refractivity contribution in [2.45, 2.75) is 57.8 Å². The molecule has 6 nitrogen and oxygen atoms in total. The highest BCUT2D eigenvalue weighted by Gasteiger charge is 2.47. The van der Waals surface area contributed by atoms with Gasteiger partial charge in [-0.1, -0.05) is 25.7 Å². The molecule has 0 radical (unpaired) electrons. The number of fused-ring (bicyclic) bond motifs is 1. The smallest absolute Gasteiger partial charge is 0.233 e. The Bertz CT molecular complexity index is 729. The van der Waals surface area contributed by atoms with Crippen LogP contribution in [0, 0.1) is 11.8 Å². The van der Waals surface area contributed by atoms with Crippen molar-refractivity contribution >= 4 is 29.1 Å². The van der Waals surface area contributed by atoms with Crippen LogP contribution in [0.4, 0.5) is 11.4 Å². The SMILES string of the molecule is O=C(CCN1C(=O)[C@H]2CCCC[C@H]2C1=O)Nc1ccc(N2CCCCCC2)cc1. The first-order chi connectivity index (χ1) is 14.1. The molecule has 2 saturated heterocycles. The molecule has 156 valence electrons. The van der Waals surface area contributed by atoms with Crippen molar-refractivity contribution in [1.29, 1.82) is 0 Å². The van der Waals surface area contributed by atoms with Crippen LogP contribution in [0.25, 0.3) is 0 Å². The molecule has 2 atom stereocenters. The third-order valence-corrected chi connectivity index (χ3v) is 6.62. The van der Waals surface area contributed by atoms with E-state index in [1.807, 2.05) is 12.1 Å². The standard InChI is InChI=1S/C23H31N3O3/c27-21(13-16-26-22(28)19-7-3-4-8-20(19)23(26)29)24-17-9-11-18(12-10-17)25-14-5-1-2-6-15-25/h9-12,19-20H,1-8,13-16H2,(H,24,27)/t19-,20+. The van der Waals surface area contributed by atoms with E-state index < -0.39 is 0 Å². The van der Waals surface area contributed by atoms with Gasteiger partial charge in [-0.25, -0.2) is 0 Å². The maximum atomic E-state index is 12.5. The van der Waals surface area contributed by atoms with Crippen molar-refractivity contribution in [2.75, 3.05) is 29.9 Å². The number of anilines is 2. The van der Waals surface area contributed by atoms with Gasteiger partial charge in [0.15, 0.2) is 0 Å². The summed E-state index contributed by atoms with van der Waals surface area (Å²) in [5.41, 5.74) is 1.95. The molecule has 1 aromatic carbocycles. The Morgan fingerprint density at radius 1 is 0.862 bits per heavy atom. The molecule has 1 aliphatic carbocycles. The Kier molecular flexibility index (Phi) is 6.16. The summed E-state index contributed by atoms with van der Waals surface area (Å²) in [6, 6.07) is 7.97. The maximum absolute atomic E-state index is 12.5. The number of nitrogens with one attached hydrogen (secondary N) is 1. The molecule has 2 heterocycles. The van der Waals surface area contributed by atoms with Crippen LogP contribution in [0.3, 0.4) is 0 Å². The summed E-state index contributed by atoms with van der Waals surface area (Å²) in [5.74, 6) is -0.608. The highest BCUT2D eigenvalue weighted by atomic mass is 16.2. The van der Waals surface area contributed by atoms with Gasteiger partial charge < -0.3 is 10.2 Å². The summed E-state index contributed by atoms with van der Waals surface area (Å²) in [6.45, 7) is 2.36. The first-order valence-corrected chi connectivity index (χ1v) is 11.1. The number of carbonyl (C=O) groups is 3. The summed E-state index contributed by atoms with van der Waals surface area (Å²) < 4.78 is 0. The number of amides is 3. The molecule has 0 spiro atoms. The molecule has 1 saturated carbocycles. The number of hydrogen-bond donors (Lipinski definition) is 1. The minimum Gasteiger partial charge on any atom is -0.372 e. The van der Waals surface area contributed by atoms with Crippen LogP contribution >= 0.6 is 0 Å². The van der Waals surface area contributed by atoms with Gasteiger partial charge in [-0.05, 0) is 49.9 Å². The lowest BCUT2D eigenvalue weighted by Crippen LogP contribution is -2.34. The Morgan fingerprint density at radius 2 is 1.45 bits per heavy atom. The Balaban J connectivity index is 1.28. The van der Waals surface area contributed by atoms with Crippen molar-refractivity contribution in [2.24, 2.45) is 11.8 Å². The third kappa shape index (κ3) is 4.46. The zero-order valence-electron chi connectivity index (χ0n) is 17.1. The van der Waals surface area contributed by atoms with E-state index in [0.29, 0.717) is 0 Å². The number of rotatable bonds is 5. The van der Waals surface area contributed by atoms with Gasteiger partial charge in [0, 0.05) is 37.4 Å².